The van der Waals surface area contributed by atoms with Gasteiger partial charge in [-0.2, -0.15) is 0 Å². The number of carbonyl (C=O) groups is 2. The molecule has 1 aliphatic carbocycles. The van der Waals surface area contributed by atoms with Gasteiger partial charge in [-0.15, -0.1) is 0 Å². The maximum absolute atomic E-state index is 11.5. The van der Waals surface area contributed by atoms with Crippen LogP contribution in [0.1, 0.15) is 27.7 Å². The molecule has 0 unspecified atom stereocenters. The van der Waals surface area contributed by atoms with E-state index in [9.17, 15) is 9.59 Å². The molecule has 0 saturated heterocycles. The van der Waals surface area contributed by atoms with E-state index in [1.165, 1.54) is 0 Å². The summed E-state index contributed by atoms with van der Waals surface area (Å²) in [7, 11) is 0. The lowest BCUT2D eigenvalue weighted by molar-refractivity contribution is -0.172. The van der Waals surface area contributed by atoms with Gasteiger partial charge in [0, 0.05) is 10.8 Å². The second-order valence-electron chi connectivity index (χ2n) is 4.57. The van der Waals surface area contributed by atoms with Crippen molar-refractivity contribution in [3.05, 3.63) is 0 Å². The highest BCUT2D eigenvalue weighted by Crippen LogP contribution is 2.55. The van der Waals surface area contributed by atoms with Crippen LogP contribution in [0.5, 0.6) is 0 Å². The lowest BCUT2D eigenvalue weighted by Crippen LogP contribution is -2.63. The van der Waals surface area contributed by atoms with Crippen molar-refractivity contribution in [1.29, 1.82) is 0 Å². The minimum absolute atomic E-state index is 0.0839. The smallest absolute Gasteiger partial charge is 0.243 e. The van der Waals surface area contributed by atoms with Crippen LogP contribution in [0.15, 0.2) is 0 Å². The monoisotopic (exact) mass is 168 g/mol. The normalized spacial score (nSPS) is 26.5. The van der Waals surface area contributed by atoms with Gasteiger partial charge in [-0.1, -0.05) is 27.7 Å². The lowest BCUT2D eigenvalue weighted by atomic mass is 9.47. The number of carbonyl (C=O) groups excluding carboxylic acids is 2. The Hall–Kier alpha value is -0.860. The third-order valence-electron chi connectivity index (χ3n) is 2.88. The van der Waals surface area contributed by atoms with Crippen molar-refractivity contribution >= 4 is 11.7 Å². The van der Waals surface area contributed by atoms with Crippen LogP contribution in [0.25, 0.3) is 0 Å². The molecule has 1 saturated carbocycles. The topological polar surface area (TPSA) is 57.9 Å². The van der Waals surface area contributed by atoms with Crippen molar-refractivity contribution < 1.29 is 9.59 Å². The summed E-state index contributed by atoms with van der Waals surface area (Å²) in [5, 5.41) is 0. The summed E-state index contributed by atoms with van der Waals surface area (Å²) in [5.74, 6) is -0.970. The van der Waals surface area contributed by atoms with E-state index in [-0.39, 0.29) is 5.78 Å². The number of Topliss-reactive ketones (excluding diaryl/α,β-unsaturated/α-hetero) is 1. The molecule has 1 amide bonds. The number of hydrogen-bond acceptors (Lipinski definition) is 2. The molecule has 0 aromatic heterocycles. The Labute approximate surface area is 72.3 Å². The zero-order valence-corrected chi connectivity index (χ0v) is 7.89. The average Bonchev–Trinajstić information content (AvgIpc) is 1.83. The zero-order valence-electron chi connectivity index (χ0n) is 7.89. The van der Waals surface area contributed by atoms with E-state index in [2.05, 4.69) is 0 Å². The minimum Gasteiger partial charge on any atom is -0.298 e. The van der Waals surface area contributed by atoms with E-state index in [0.29, 0.717) is 0 Å². The van der Waals surface area contributed by atoms with Gasteiger partial charge in [0.1, 0.15) is 5.78 Å². The first kappa shape index (κ1) is 9.23. The molecule has 3 nitrogen and oxygen atoms in total. The van der Waals surface area contributed by atoms with Gasteiger partial charge >= 0.3 is 0 Å². The second kappa shape index (κ2) is 2.09. The molecule has 0 aromatic carbocycles. The van der Waals surface area contributed by atoms with Crippen molar-refractivity contribution in [2.24, 2.45) is 16.7 Å². The van der Waals surface area contributed by atoms with Crippen molar-refractivity contribution in [2.75, 3.05) is 0 Å². The number of ketones is 1. The van der Waals surface area contributed by atoms with Gasteiger partial charge in [0.2, 0.25) is 5.91 Å². The molecule has 1 radical (unpaired) electrons. The van der Waals surface area contributed by atoms with E-state index in [0.717, 1.165) is 0 Å². The largest absolute Gasteiger partial charge is 0.298 e. The summed E-state index contributed by atoms with van der Waals surface area (Å²) in [4.78, 5) is 22.4. The molecule has 67 valence electrons. The van der Waals surface area contributed by atoms with Crippen LogP contribution >= 0.6 is 0 Å². The van der Waals surface area contributed by atoms with Gasteiger partial charge < -0.3 is 0 Å². The molecule has 0 aliphatic heterocycles. The third kappa shape index (κ3) is 0.822. The Morgan fingerprint density at radius 2 is 1.58 bits per heavy atom. The van der Waals surface area contributed by atoms with E-state index in [1.807, 2.05) is 0 Å². The van der Waals surface area contributed by atoms with Gasteiger partial charge in [0.15, 0.2) is 0 Å². The molecule has 1 N–H and O–H groups in total. The van der Waals surface area contributed by atoms with Crippen molar-refractivity contribution in [1.82, 2.24) is 5.73 Å². The fourth-order valence-corrected chi connectivity index (χ4v) is 2.57. The highest BCUT2D eigenvalue weighted by Gasteiger charge is 2.64. The Kier molecular flexibility index (Phi) is 1.61. The van der Waals surface area contributed by atoms with Crippen LogP contribution in [0.2, 0.25) is 0 Å². The van der Waals surface area contributed by atoms with Crippen molar-refractivity contribution in [3.63, 3.8) is 0 Å². The molecule has 1 rings (SSSR count). The minimum atomic E-state index is -0.623. The zero-order chi connectivity index (χ0) is 9.73. The Balaban J connectivity index is 3.02. The molecule has 0 atom stereocenters. The standard InChI is InChI=1S/C9H14NO2/c1-8(2)5(6(10)11)9(3,4)7(8)12/h5,10H,1-4H3. The van der Waals surface area contributed by atoms with Crippen molar-refractivity contribution in [3.8, 4) is 0 Å². The van der Waals surface area contributed by atoms with E-state index >= 15 is 0 Å². The number of rotatable bonds is 1. The highest BCUT2D eigenvalue weighted by atomic mass is 16.2. The van der Waals surface area contributed by atoms with E-state index in [4.69, 9.17) is 5.73 Å². The molecule has 12 heavy (non-hydrogen) atoms. The molecule has 0 spiro atoms. The molecule has 0 heterocycles. The maximum atomic E-state index is 11.5. The van der Waals surface area contributed by atoms with Crippen LogP contribution in [-0.4, -0.2) is 11.7 Å². The Morgan fingerprint density at radius 3 is 1.75 bits per heavy atom. The fraction of sp³-hybridized carbons (Fsp3) is 0.778. The number of amides is 1. The molecule has 3 heteroatoms. The van der Waals surface area contributed by atoms with Crippen LogP contribution in [0.3, 0.4) is 0 Å². The highest BCUT2D eigenvalue weighted by molar-refractivity contribution is 6.04. The predicted octanol–water partition coefficient (Wildman–Crippen LogP) is 1.05. The van der Waals surface area contributed by atoms with Crippen molar-refractivity contribution in [2.45, 2.75) is 27.7 Å². The van der Waals surface area contributed by atoms with E-state index < -0.39 is 22.7 Å². The first-order valence-electron chi connectivity index (χ1n) is 4.02. The molecule has 1 fully saturated rings. The summed E-state index contributed by atoms with van der Waals surface area (Å²) in [6.07, 6.45) is 0. The summed E-state index contributed by atoms with van der Waals surface area (Å²) in [6.45, 7) is 6.94. The van der Waals surface area contributed by atoms with E-state index in [1.54, 1.807) is 27.7 Å². The third-order valence-corrected chi connectivity index (χ3v) is 2.88. The maximum Gasteiger partial charge on any atom is 0.243 e. The van der Waals surface area contributed by atoms with Crippen LogP contribution in [0.4, 0.5) is 0 Å². The first-order chi connectivity index (χ1) is 5.22. The van der Waals surface area contributed by atoms with Crippen LogP contribution in [0, 0.1) is 16.7 Å². The summed E-state index contributed by atoms with van der Waals surface area (Å²) >= 11 is 0. The average molecular weight is 168 g/mol. The number of hydrogen-bond donors (Lipinski definition) is 0. The molecular formula is C9H14NO2. The SMILES string of the molecule is CC1(C)C(=O)C(C)(C)C1C([NH])=O. The molecule has 0 aromatic rings. The lowest BCUT2D eigenvalue weighted by Gasteiger charge is -2.53. The Morgan fingerprint density at radius 1 is 1.25 bits per heavy atom. The van der Waals surface area contributed by atoms with Gasteiger partial charge in [0.25, 0.3) is 0 Å². The van der Waals surface area contributed by atoms with Gasteiger partial charge in [0.05, 0.1) is 5.92 Å². The molecule has 0 bridgehead atoms. The predicted molar refractivity (Wildman–Crippen MR) is 44.2 cm³/mol. The second-order valence-corrected chi connectivity index (χ2v) is 4.57. The number of nitrogens with one attached hydrogen (secondary N) is 1. The summed E-state index contributed by atoms with van der Waals surface area (Å²) in [6, 6.07) is 0. The molecule has 1 aliphatic rings. The van der Waals surface area contributed by atoms with Crippen LogP contribution in [-0.2, 0) is 9.59 Å². The summed E-state index contributed by atoms with van der Waals surface area (Å²) in [5.41, 5.74) is 5.80. The molecular weight excluding hydrogens is 154 g/mol. The van der Waals surface area contributed by atoms with Crippen LogP contribution < -0.4 is 5.73 Å². The van der Waals surface area contributed by atoms with Gasteiger partial charge in [-0.05, 0) is 0 Å². The summed E-state index contributed by atoms with van der Waals surface area (Å²) < 4.78 is 0. The first-order valence-corrected chi connectivity index (χ1v) is 4.02. The Bertz CT molecular complexity index is 235. The van der Waals surface area contributed by atoms with Gasteiger partial charge in [-0.3, -0.25) is 15.3 Å². The quantitative estimate of drug-likeness (QED) is 0.587. The van der Waals surface area contributed by atoms with Gasteiger partial charge in [-0.25, -0.2) is 0 Å². The fourth-order valence-electron chi connectivity index (χ4n) is 2.57.